The highest BCUT2D eigenvalue weighted by molar-refractivity contribution is 6.42. The van der Waals surface area contributed by atoms with Gasteiger partial charge in [0.2, 0.25) is 0 Å². The second-order valence-electron chi connectivity index (χ2n) is 3.36. The largest absolute Gasteiger partial charge is 0.250 e. The third-order valence-corrected chi connectivity index (χ3v) is 3.04. The van der Waals surface area contributed by atoms with E-state index in [1.54, 1.807) is 12.1 Å². The van der Waals surface area contributed by atoms with Crippen LogP contribution in [0.15, 0.2) is 12.1 Å². The molecule has 1 aromatic carbocycles. The van der Waals surface area contributed by atoms with Crippen LogP contribution in [0.5, 0.6) is 0 Å². The van der Waals surface area contributed by atoms with Crippen LogP contribution in [-0.2, 0) is 6.42 Å². The second-order valence-corrected chi connectivity index (χ2v) is 4.18. The summed E-state index contributed by atoms with van der Waals surface area (Å²) in [7, 11) is 0. The normalized spacial score (nSPS) is 10.9. The molecule has 2 rings (SSSR count). The molecule has 0 aliphatic carbocycles. The van der Waals surface area contributed by atoms with Gasteiger partial charge in [0, 0.05) is 0 Å². The highest BCUT2D eigenvalue weighted by Gasteiger charge is 2.06. The van der Waals surface area contributed by atoms with E-state index in [4.69, 9.17) is 23.2 Å². The first-order chi connectivity index (χ1) is 7.11. The first-order valence-corrected chi connectivity index (χ1v) is 5.49. The van der Waals surface area contributed by atoms with Crippen LogP contribution < -0.4 is 0 Å². The number of nitrogens with zero attached hydrogens (tertiary/aromatic N) is 2. The predicted molar refractivity (Wildman–Crippen MR) is 63.7 cm³/mol. The van der Waals surface area contributed by atoms with E-state index in [1.807, 2.05) is 6.92 Å². The standard InChI is InChI=1S/C11H10Cl2N2/c1-3-9-6(2)14-10-4-7(12)8(13)5-11(10)15-9/h4-5H,3H2,1-2H3. The summed E-state index contributed by atoms with van der Waals surface area (Å²) in [6, 6.07) is 3.50. The zero-order valence-electron chi connectivity index (χ0n) is 8.51. The Labute approximate surface area is 98.3 Å². The number of halogens is 2. The fourth-order valence-corrected chi connectivity index (χ4v) is 1.83. The molecule has 0 unspecified atom stereocenters. The second kappa shape index (κ2) is 3.95. The van der Waals surface area contributed by atoms with E-state index >= 15 is 0 Å². The first kappa shape index (κ1) is 10.7. The molecule has 0 atom stereocenters. The predicted octanol–water partition coefficient (Wildman–Crippen LogP) is 3.81. The molecule has 0 radical (unpaired) electrons. The molecule has 0 spiro atoms. The SMILES string of the molecule is CCc1nc2cc(Cl)c(Cl)cc2nc1C. The average Bonchev–Trinajstić information content (AvgIpc) is 2.20. The van der Waals surface area contributed by atoms with Crippen LogP contribution in [0.4, 0.5) is 0 Å². The van der Waals surface area contributed by atoms with Crippen molar-refractivity contribution in [2.24, 2.45) is 0 Å². The van der Waals surface area contributed by atoms with Crippen LogP contribution in [0.25, 0.3) is 11.0 Å². The summed E-state index contributed by atoms with van der Waals surface area (Å²) in [5, 5.41) is 1.03. The Morgan fingerprint density at radius 2 is 1.60 bits per heavy atom. The van der Waals surface area contributed by atoms with Crippen LogP contribution in [0.3, 0.4) is 0 Å². The quantitative estimate of drug-likeness (QED) is 0.758. The average molecular weight is 241 g/mol. The van der Waals surface area contributed by atoms with E-state index in [0.717, 1.165) is 28.8 Å². The highest BCUT2D eigenvalue weighted by atomic mass is 35.5. The van der Waals surface area contributed by atoms with Gasteiger partial charge in [-0.3, -0.25) is 0 Å². The van der Waals surface area contributed by atoms with Crippen LogP contribution in [0, 0.1) is 6.92 Å². The molecule has 0 saturated heterocycles. The van der Waals surface area contributed by atoms with E-state index in [2.05, 4.69) is 16.9 Å². The molecular formula is C11H10Cl2N2. The summed E-state index contributed by atoms with van der Waals surface area (Å²) in [5.41, 5.74) is 3.54. The van der Waals surface area contributed by atoms with E-state index in [1.165, 1.54) is 0 Å². The van der Waals surface area contributed by atoms with Crippen LogP contribution >= 0.6 is 23.2 Å². The topological polar surface area (TPSA) is 25.8 Å². The zero-order valence-corrected chi connectivity index (χ0v) is 10.0. The Hall–Kier alpha value is -0.860. The van der Waals surface area contributed by atoms with Crippen molar-refractivity contribution in [1.82, 2.24) is 9.97 Å². The molecule has 2 nitrogen and oxygen atoms in total. The van der Waals surface area contributed by atoms with Gasteiger partial charge in [-0.15, -0.1) is 0 Å². The number of aryl methyl sites for hydroxylation is 2. The van der Waals surface area contributed by atoms with Gasteiger partial charge in [-0.05, 0) is 25.5 Å². The molecule has 78 valence electrons. The fourth-order valence-electron chi connectivity index (χ4n) is 1.51. The Bertz CT molecular complexity index is 523. The van der Waals surface area contributed by atoms with Gasteiger partial charge in [-0.1, -0.05) is 30.1 Å². The minimum atomic E-state index is 0.516. The lowest BCUT2D eigenvalue weighted by atomic mass is 10.2. The van der Waals surface area contributed by atoms with Crippen LogP contribution in [0.1, 0.15) is 18.3 Å². The Kier molecular flexibility index (Phi) is 2.81. The summed E-state index contributed by atoms with van der Waals surface area (Å²) in [5.74, 6) is 0. The van der Waals surface area contributed by atoms with Crippen molar-refractivity contribution < 1.29 is 0 Å². The monoisotopic (exact) mass is 240 g/mol. The lowest BCUT2D eigenvalue weighted by molar-refractivity contribution is 0.989. The van der Waals surface area contributed by atoms with Crippen LogP contribution in [-0.4, -0.2) is 9.97 Å². The maximum absolute atomic E-state index is 5.92. The summed E-state index contributed by atoms with van der Waals surface area (Å²) in [6.07, 6.45) is 0.870. The molecule has 0 amide bonds. The van der Waals surface area contributed by atoms with E-state index in [0.29, 0.717) is 10.0 Å². The Morgan fingerprint density at radius 1 is 1.07 bits per heavy atom. The Balaban J connectivity index is 2.76. The lowest BCUT2D eigenvalue weighted by Crippen LogP contribution is -1.96. The molecule has 1 aromatic heterocycles. The molecular weight excluding hydrogens is 231 g/mol. The first-order valence-electron chi connectivity index (χ1n) is 4.74. The van der Waals surface area contributed by atoms with Crippen molar-refractivity contribution in [2.45, 2.75) is 20.3 Å². The summed E-state index contributed by atoms with van der Waals surface area (Å²) in [4.78, 5) is 8.93. The van der Waals surface area contributed by atoms with E-state index in [-0.39, 0.29) is 0 Å². The third kappa shape index (κ3) is 1.92. The van der Waals surface area contributed by atoms with Gasteiger partial charge in [0.25, 0.3) is 0 Å². The maximum atomic E-state index is 5.92. The van der Waals surface area contributed by atoms with Crippen molar-refractivity contribution in [2.75, 3.05) is 0 Å². The number of hydrogen-bond donors (Lipinski definition) is 0. The van der Waals surface area contributed by atoms with Crippen molar-refractivity contribution in [3.05, 3.63) is 33.6 Å². The minimum Gasteiger partial charge on any atom is -0.250 e. The molecule has 0 bridgehead atoms. The maximum Gasteiger partial charge on any atom is 0.0906 e. The number of benzene rings is 1. The van der Waals surface area contributed by atoms with Crippen molar-refractivity contribution in [3.63, 3.8) is 0 Å². The van der Waals surface area contributed by atoms with Crippen molar-refractivity contribution in [3.8, 4) is 0 Å². The van der Waals surface area contributed by atoms with E-state index < -0.39 is 0 Å². The van der Waals surface area contributed by atoms with Gasteiger partial charge in [-0.25, -0.2) is 9.97 Å². The van der Waals surface area contributed by atoms with Gasteiger partial charge in [0.05, 0.1) is 32.5 Å². The van der Waals surface area contributed by atoms with Gasteiger partial charge >= 0.3 is 0 Å². The number of fused-ring (bicyclic) bond motifs is 1. The molecule has 2 aromatic rings. The van der Waals surface area contributed by atoms with E-state index in [9.17, 15) is 0 Å². The lowest BCUT2D eigenvalue weighted by Gasteiger charge is -2.05. The molecule has 0 aliphatic heterocycles. The molecule has 15 heavy (non-hydrogen) atoms. The molecule has 0 N–H and O–H groups in total. The van der Waals surface area contributed by atoms with Crippen molar-refractivity contribution in [1.29, 1.82) is 0 Å². The third-order valence-electron chi connectivity index (χ3n) is 2.31. The summed E-state index contributed by atoms with van der Waals surface area (Å²) < 4.78 is 0. The number of hydrogen-bond acceptors (Lipinski definition) is 2. The molecule has 1 heterocycles. The summed E-state index contributed by atoms with van der Waals surface area (Å²) >= 11 is 11.8. The zero-order chi connectivity index (χ0) is 11.0. The van der Waals surface area contributed by atoms with Gasteiger partial charge in [0.15, 0.2) is 0 Å². The molecule has 4 heteroatoms. The number of rotatable bonds is 1. The fraction of sp³-hybridized carbons (Fsp3) is 0.273. The van der Waals surface area contributed by atoms with Gasteiger partial charge < -0.3 is 0 Å². The molecule has 0 fully saturated rings. The smallest absolute Gasteiger partial charge is 0.0906 e. The number of aromatic nitrogens is 2. The molecule has 0 saturated carbocycles. The van der Waals surface area contributed by atoms with Crippen molar-refractivity contribution >= 4 is 34.2 Å². The highest BCUT2D eigenvalue weighted by Crippen LogP contribution is 2.26. The molecule has 0 aliphatic rings. The van der Waals surface area contributed by atoms with Gasteiger partial charge in [0.1, 0.15) is 0 Å². The van der Waals surface area contributed by atoms with Gasteiger partial charge in [-0.2, -0.15) is 0 Å². The Morgan fingerprint density at radius 3 is 2.13 bits per heavy atom. The minimum absolute atomic E-state index is 0.516. The summed E-state index contributed by atoms with van der Waals surface area (Å²) in [6.45, 7) is 4.01. The van der Waals surface area contributed by atoms with Crippen LogP contribution in [0.2, 0.25) is 10.0 Å².